The van der Waals surface area contributed by atoms with Crippen LogP contribution >= 0.6 is 11.8 Å². The highest BCUT2D eigenvalue weighted by Crippen LogP contribution is 2.17. The van der Waals surface area contributed by atoms with Gasteiger partial charge in [0.15, 0.2) is 0 Å². The van der Waals surface area contributed by atoms with Gasteiger partial charge >= 0.3 is 0 Å². The van der Waals surface area contributed by atoms with Gasteiger partial charge < -0.3 is 0 Å². The molecule has 3 aromatic rings. The van der Waals surface area contributed by atoms with E-state index in [-0.39, 0.29) is 5.56 Å². The predicted molar refractivity (Wildman–Crippen MR) is 122 cm³/mol. The van der Waals surface area contributed by atoms with Crippen LogP contribution in [0, 0.1) is 35.3 Å². The fraction of sp³-hybridized carbons (Fsp3) is 0.185. The molecule has 3 aromatic carbocycles. The number of halogens is 2. The standard InChI is InChI=1S/C27H22F2S/c1-3-4-5-23-18-26(28)25(27(29)19-23)17-14-21-9-6-20(7-10-21)8-11-22-12-15-24(30-2)16-13-22/h6-7,9-10,12-13,15-16,18-19H,3-5H2,1-2H3. The number of aryl methyl sites for hydroxylation is 1. The molecule has 0 aliphatic carbocycles. The molecule has 0 N–H and O–H groups in total. The lowest BCUT2D eigenvalue weighted by molar-refractivity contribution is 0.572. The first-order valence-electron chi connectivity index (χ1n) is 9.85. The molecule has 0 saturated carbocycles. The molecule has 0 aliphatic heterocycles. The average molecular weight is 417 g/mol. The monoisotopic (exact) mass is 416 g/mol. The molecule has 0 fully saturated rings. The van der Waals surface area contributed by atoms with E-state index in [2.05, 4.69) is 23.7 Å². The highest BCUT2D eigenvalue weighted by molar-refractivity contribution is 7.98. The largest absolute Gasteiger partial charge is 0.206 e. The number of hydrogen-bond acceptors (Lipinski definition) is 1. The molecule has 0 amide bonds. The van der Waals surface area contributed by atoms with Crippen molar-refractivity contribution in [1.82, 2.24) is 0 Å². The lowest BCUT2D eigenvalue weighted by Gasteiger charge is -2.03. The van der Waals surface area contributed by atoms with Crippen molar-refractivity contribution in [2.75, 3.05) is 6.26 Å². The summed E-state index contributed by atoms with van der Waals surface area (Å²) in [6, 6.07) is 18.2. The van der Waals surface area contributed by atoms with Crippen LogP contribution < -0.4 is 0 Å². The van der Waals surface area contributed by atoms with Crippen LogP contribution in [-0.2, 0) is 6.42 Å². The first-order chi connectivity index (χ1) is 14.6. The van der Waals surface area contributed by atoms with Crippen molar-refractivity contribution >= 4 is 11.8 Å². The number of hydrogen-bond donors (Lipinski definition) is 0. The Bertz CT molecular complexity index is 1100. The summed E-state index contributed by atoms with van der Waals surface area (Å²) in [5.74, 6) is 10.5. The molecule has 150 valence electrons. The minimum atomic E-state index is -0.608. The van der Waals surface area contributed by atoms with Crippen LogP contribution in [0.2, 0.25) is 0 Å². The molecule has 3 heteroatoms. The summed E-state index contributed by atoms with van der Waals surface area (Å²) in [6.07, 6.45) is 4.59. The Balaban J connectivity index is 1.73. The smallest absolute Gasteiger partial charge is 0.142 e. The van der Waals surface area contributed by atoms with Crippen molar-refractivity contribution in [3.05, 3.63) is 100 Å². The van der Waals surface area contributed by atoms with E-state index < -0.39 is 11.6 Å². The lowest BCUT2D eigenvalue weighted by Crippen LogP contribution is -1.95. The van der Waals surface area contributed by atoms with Gasteiger partial charge in [0.2, 0.25) is 0 Å². The van der Waals surface area contributed by atoms with Crippen LogP contribution in [0.3, 0.4) is 0 Å². The van der Waals surface area contributed by atoms with E-state index >= 15 is 0 Å². The fourth-order valence-electron chi connectivity index (χ4n) is 2.86. The van der Waals surface area contributed by atoms with Crippen LogP contribution in [0.25, 0.3) is 0 Å². The molecular weight excluding hydrogens is 394 g/mol. The van der Waals surface area contributed by atoms with E-state index in [1.807, 2.05) is 49.6 Å². The molecule has 0 unspecified atom stereocenters. The third-order valence-electron chi connectivity index (χ3n) is 4.58. The highest BCUT2D eigenvalue weighted by atomic mass is 32.2. The fourth-order valence-corrected chi connectivity index (χ4v) is 3.27. The molecule has 0 aromatic heterocycles. The van der Waals surface area contributed by atoms with Gasteiger partial charge in [0, 0.05) is 21.6 Å². The maximum Gasteiger partial charge on any atom is 0.142 e. The van der Waals surface area contributed by atoms with Crippen LogP contribution in [0.1, 0.15) is 47.6 Å². The number of unbranched alkanes of at least 4 members (excludes halogenated alkanes) is 1. The van der Waals surface area contributed by atoms with Gasteiger partial charge in [-0.25, -0.2) is 8.78 Å². The van der Waals surface area contributed by atoms with Gasteiger partial charge in [0.05, 0.1) is 5.56 Å². The predicted octanol–water partition coefficient (Wildman–Crippen LogP) is 6.83. The molecular formula is C27H22F2S. The minimum Gasteiger partial charge on any atom is -0.206 e. The Labute approximate surface area is 181 Å². The maximum absolute atomic E-state index is 14.3. The normalized spacial score (nSPS) is 10.0. The zero-order chi connectivity index (χ0) is 21.3. The zero-order valence-corrected chi connectivity index (χ0v) is 17.9. The van der Waals surface area contributed by atoms with Crippen molar-refractivity contribution in [3.63, 3.8) is 0 Å². The molecule has 0 atom stereocenters. The summed E-state index contributed by atoms with van der Waals surface area (Å²) >= 11 is 1.69. The van der Waals surface area contributed by atoms with Gasteiger partial charge in [-0.05, 0) is 85.3 Å². The second-order valence-electron chi connectivity index (χ2n) is 6.84. The van der Waals surface area contributed by atoms with Crippen molar-refractivity contribution in [1.29, 1.82) is 0 Å². The van der Waals surface area contributed by atoms with Gasteiger partial charge in [0.1, 0.15) is 11.6 Å². The van der Waals surface area contributed by atoms with Gasteiger partial charge in [-0.2, -0.15) is 0 Å². The molecule has 0 bridgehead atoms. The van der Waals surface area contributed by atoms with Gasteiger partial charge in [-0.15, -0.1) is 11.8 Å². The van der Waals surface area contributed by atoms with E-state index in [1.54, 1.807) is 23.9 Å². The summed E-state index contributed by atoms with van der Waals surface area (Å²) in [6.45, 7) is 2.05. The van der Waals surface area contributed by atoms with Crippen molar-refractivity contribution in [2.24, 2.45) is 0 Å². The molecule has 0 saturated heterocycles. The van der Waals surface area contributed by atoms with E-state index in [0.29, 0.717) is 17.5 Å². The highest BCUT2D eigenvalue weighted by Gasteiger charge is 2.09. The maximum atomic E-state index is 14.3. The summed E-state index contributed by atoms with van der Waals surface area (Å²) in [7, 11) is 0. The Kier molecular flexibility index (Phi) is 7.72. The first-order valence-corrected chi connectivity index (χ1v) is 11.1. The third-order valence-corrected chi connectivity index (χ3v) is 5.32. The second kappa shape index (κ2) is 10.7. The van der Waals surface area contributed by atoms with Crippen LogP contribution in [-0.4, -0.2) is 6.26 Å². The van der Waals surface area contributed by atoms with Crippen molar-refractivity contribution in [2.45, 2.75) is 31.1 Å². The average Bonchev–Trinajstić information content (AvgIpc) is 2.77. The van der Waals surface area contributed by atoms with Gasteiger partial charge in [-0.3, -0.25) is 0 Å². The molecule has 0 radical (unpaired) electrons. The number of rotatable bonds is 4. The SMILES string of the molecule is CCCCc1cc(F)c(C#Cc2ccc(C#Cc3ccc(SC)cc3)cc2)c(F)c1. The summed E-state index contributed by atoms with van der Waals surface area (Å²) in [5, 5.41) is 0. The molecule has 0 nitrogen and oxygen atoms in total. The first kappa shape index (κ1) is 21.7. The minimum absolute atomic E-state index is 0.187. The van der Waals surface area contributed by atoms with E-state index in [1.165, 1.54) is 17.0 Å². The summed E-state index contributed by atoms with van der Waals surface area (Å²) < 4.78 is 28.5. The quantitative estimate of drug-likeness (QED) is 0.332. The number of benzene rings is 3. The van der Waals surface area contributed by atoms with E-state index in [4.69, 9.17) is 0 Å². The summed E-state index contributed by atoms with van der Waals surface area (Å²) in [4.78, 5) is 1.20. The Hall–Kier alpha value is -3.01. The molecule has 3 rings (SSSR count). The zero-order valence-electron chi connectivity index (χ0n) is 17.1. The second-order valence-corrected chi connectivity index (χ2v) is 7.72. The van der Waals surface area contributed by atoms with Crippen molar-refractivity contribution in [3.8, 4) is 23.7 Å². The molecule has 0 heterocycles. The Morgan fingerprint density at radius 3 is 1.67 bits per heavy atom. The van der Waals surface area contributed by atoms with E-state index in [0.717, 1.165) is 24.0 Å². The van der Waals surface area contributed by atoms with Gasteiger partial charge in [-0.1, -0.05) is 37.0 Å². The summed E-state index contributed by atoms with van der Waals surface area (Å²) in [5.41, 5.74) is 2.96. The molecule has 30 heavy (non-hydrogen) atoms. The van der Waals surface area contributed by atoms with Crippen LogP contribution in [0.5, 0.6) is 0 Å². The molecule has 0 aliphatic rings. The van der Waals surface area contributed by atoms with Crippen LogP contribution in [0.15, 0.2) is 65.6 Å². The lowest BCUT2D eigenvalue weighted by atomic mass is 10.0. The van der Waals surface area contributed by atoms with Crippen molar-refractivity contribution < 1.29 is 8.78 Å². The topological polar surface area (TPSA) is 0 Å². The molecule has 0 spiro atoms. The van der Waals surface area contributed by atoms with Gasteiger partial charge in [0.25, 0.3) is 0 Å². The number of thioether (sulfide) groups is 1. The van der Waals surface area contributed by atoms with Crippen LogP contribution in [0.4, 0.5) is 8.78 Å². The Morgan fingerprint density at radius 2 is 1.20 bits per heavy atom. The van der Waals surface area contributed by atoms with E-state index in [9.17, 15) is 8.78 Å². The Morgan fingerprint density at radius 1 is 0.733 bits per heavy atom. The third kappa shape index (κ3) is 5.99.